The van der Waals surface area contributed by atoms with Gasteiger partial charge in [0.15, 0.2) is 6.10 Å². The van der Waals surface area contributed by atoms with Gasteiger partial charge in [0.25, 0.3) is 5.91 Å². The Morgan fingerprint density at radius 3 is 2.16 bits per heavy atom. The molecule has 51 heavy (non-hydrogen) atoms. The number of aromatic hydroxyl groups is 1. The standard InChI is InChI=1S/C38H51N5O8/c1-25-21-27(22-26(2)35(25)46)23-33(36(47)41-14-8-29(9-15-41)40-18-12-31(13-19-40)50-24-34(44)45)51-38(49)42-16-10-30(11-17-42)43-20-7-28-5-3-4-6-32(28)39-37(43)48/h3-6,21-22,29-31,33,46H,7-20,23-24H2,1-2H3,(H,39,48)(H,44,45)/t33-/m1/s1. The highest BCUT2D eigenvalue weighted by Gasteiger charge is 2.37. The Labute approximate surface area is 299 Å². The molecule has 0 bridgehead atoms. The molecular weight excluding hydrogens is 654 g/mol. The Kier molecular flexibility index (Phi) is 11.7. The van der Waals surface area contributed by atoms with Gasteiger partial charge in [-0.3, -0.25) is 4.79 Å². The number of carbonyl (C=O) groups excluding carboxylic acids is 3. The molecule has 13 heteroatoms. The summed E-state index contributed by atoms with van der Waals surface area (Å²) in [5.41, 5.74) is 4.16. The van der Waals surface area contributed by atoms with E-state index in [0.717, 1.165) is 62.0 Å². The number of carbonyl (C=O) groups is 4. The number of benzene rings is 2. The third-order valence-corrected chi connectivity index (χ3v) is 11.0. The number of carboxylic acids is 1. The van der Waals surface area contributed by atoms with Crippen LogP contribution in [0.5, 0.6) is 5.75 Å². The smallest absolute Gasteiger partial charge is 0.410 e. The lowest BCUT2D eigenvalue weighted by Gasteiger charge is -2.42. The quantitative estimate of drug-likeness (QED) is 0.349. The summed E-state index contributed by atoms with van der Waals surface area (Å²) in [4.78, 5) is 59.4. The lowest BCUT2D eigenvalue weighted by molar-refractivity contribution is -0.146. The van der Waals surface area contributed by atoms with E-state index in [9.17, 15) is 24.3 Å². The third-order valence-electron chi connectivity index (χ3n) is 11.0. The predicted octanol–water partition coefficient (Wildman–Crippen LogP) is 4.17. The number of anilines is 1. The topological polar surface area (TPSA) is 152 Å². The van der Waals surface area contributed by atoms with Crippen molar-refractivity contribution in [1.29, 1.82) is 0 Å². The van der Waals surface area contributed by atoms with Gasteiger partial charge in [-0.15, -0.1) is 0 Å². The molecule has 2 aromatic carbocycles. The second kappa shape index (κ2) is 16.3. The number of amides is 4. The van der Waals surface area contributed by atoms with Gasteiger partial charge in [-0.05, 0) is 87.1 Å². The minimum absolute atomic E-state index is 0.00640. The first-order valence-corrected chi connectivity index (χ1v) is 18.3. The predicted molar refractivity (Wildman–Crippen MR) is 190 cm³/mol. The molecule has 4 heterocycles. The summed E-state index contributed by atoms with van der Waals surface area (Å²) in [5.74, 6) is -0.964. The van der Waals surface area contributed by atoms with Crippen molar-refractivity contribution in [3.05, 3.63) is 58.7 Å². The Bertz CT molecular complexity index is 1550. The van der Waals surface area contributed by atoms with Crippen molar-refractivity contribution in [1.82, 2.24) is 19.6 Å². The maximum atomic E-state index is 14.1. The Morgan fingerprint density at radius 2 is 1.49 bits per heavy atom. The van der Waals surface area contributed by atoms with Crippen molar-refractivity contribution in [2.24, 2.45) is 0 Å². The second-order valence-corrected chi connectivity index (χ2v) is 14.4. The number of phenolic OH excluding ortho intramolecular Hbond substituents is 1. The number of nitrogens with zero attached hydrogens (tertiary/aromatic N) is 4. The van der Waals surface area contributed by atoms with Crippen LogP contribution in [0, 0.1) is 13.8 Å². The van der Waals surface area contributed by atoms with E-state index in [1.54, 1.807) is 9.80 Å². The molecular formula is C38H51N5O8. The van der Waals surface area contributed by atoms with E-state index in [2.05, 4.69) is 10.2 Å². The normalized spacial score (nSPS) is 20.4. The van der Waals surface area contributed by atoms with E-state index in [0.29, 0.717) is 62.7 Å². The number of ether oxygens (including phenoxy) is 2. The molecule has 3 fully saturated rings. The van der Waals surface area contributed by atoms with Crippen LogP contribution in [0.3, 0.4) is 0 Å². The van der Waals surface area contributed by atoms with Crippen molar-refractivity contribution in [2.45, 2.75) is 89.5 Å². The van der Waals surface area contributed by atoms with Crippen molar-refractivity contribution in [3.8, 4) is 5.75 Å². The van der Waals surface area contributed by atoms with Gasteiger partial charge in [-0.2, -0.15) is 0 Å². The molecule has 0 spiro atoms. The van der Waals surface area contributed by atoms with Crippen molar-refractivity contribution in [3.63, 3.8) is 0 Å². The van der Waals surface area contributed by atoms with Gasteiger partial charge < -0.3 is 44.6 Å². The highest BCUT2D eigenvalue weighted by molar-refractivity contribution is 5.91. The van der Waals surface area contributed by atoms with Crippen LogP contribution in [0.1, 0.15) is 60.8 Å². The molecule has 0 aromatic heterocycles. The SMILES string of the molecule is Cc1cc(C[C@@H](OC(=O)N2CCC(N3CCc4ccccc4NC3=O)CC2)C(=O)N2CCC(N3CCC(OCC(=O)O)CC3)CC2)cc(C)c1O. The minimum Gasteiger partial charge on any atom is -0.507 e. The van der Waals surface area contributed by atoms with Gasteiger partial charge in [-0.25, -0.2) is 14.4 Å². The van der Waals surface area contributed by atoms with Crippen LogP contribution in [0.15, 0.2) is 36.4 Å². The van der Waals surface area contributed by atoms with Gasteiger partial charge >= 0.3 is 18.1 Å². The first-order chi connectivity index (χ1) is 24.5. The number of likely N-dealkylation sites (tertiary alicyclic amines) is 3. The van der Waals surface area contributed by atoms with Crippen LogP contribution in [-0.4, -0.2) is 131 Å². The maximum absolute atomic E-state index is 14.1. The highest BCUT2D eigenvalue weighted by atomic mass is 16.6. The summed E-state index contributed by atoms with van der Waals surface area (Å²) in [6.45, 7) is 7.56. The molecule has 0 aliphatic carbocycles. The number of hydrogen-bond donors (Lipinski definition) is 3. The lowest BCUT2D eigenvalue weighted by atomic mass is 9.97. The number of aryl methyl sites for hydroxylation is 2. The van der Waals surface area contributed by atoms with E-state index in [-0.39, 0.29) is 42.9 Å². The molecule has 13 nitrogen and oxygen atoms in total. The minimum atomic E-state index is -1.02. The summed E-state index contributed by atoms with van der Waals surface area (Å²) in [6.07, 6.45) is 3.76. The Morgan fingerprint density at radius 1 is 0.863 bits per heavy atom. The largest absolute Gasteiger partial charge is 0.507 e. The fraction of sp³-hybridized carbons (Fsp3) is 0.579. The zero-order valence-electron chi connectivity index (χ0n) is 29.7. The molecule has 276 valence electrons. The number of para-hydroxylation sites is 1. The summed E-state index contributed by atoms with van der Waals surface area (Å²) < 4.78 is 11.5. The fourth-order valence-electron chi connectivity index (χ4n) is 8.10. The zero-order chi connectivity index (χ0) is 36.1. The van der Waals surface area contributed by atoms with E-state index >= 15 is 0 Å². The van der Waals surface area contributed by atoms with Gasteiger partial charge in [0.05, 0.1) is 6.10 Å². The van der Waals surface area contributed by atoms with Crippen LogP contribution in [-0.2, 0) is 31.9 Å². The Balaban J connectivity index is 1.05. The molecule has 6 rings (SSSR count). The number of piperidine rings is 3. The lowest BCUT2D eigenvalue weighted by Crippen LogP contribution is -2.53. The van der Waals surface area contributed by atoms with Crippen LogP contribution in [0.4, 0.5) is 15.3 Å². The summed E-state index contributed by atoms with van der Waals surface area (Å²) >= 11 is 0. The van der Waals surface area contributed by atoms with E-state index in [1.807, 2.05) is 55.1 Å². The number of rotatable bonds is 9. The number of nitrogens with one attached hydrogen (secondary N) is 1. The first kappa shape index (κ1) is 36.4. The average Bonchev–Trinajstić information content (AvgIpc) is 3.30. The van der Waals surface area contributed by atoms with Gasteiger partial charge in [0, 0.05) is 70.0 Å². The van der Waals surface area contributed by atoms with E-state index < -0.39 is 18.2 Å². The maximum Gasteiger partial charge on any atom is 0.410 e. The molecule has 0 unspecified atom stereocenters. The molecule has 4 amide bonds. The van der Waals surface area contributed by atoms with Crippen LogP contribution >= 0.6 is 0 Å². The molecule has 4 aliphatic rings. The number of phenols is 1. The zero-order valence-corrected chi connectivity index (χ0v) is 29.7. The molecule has 3 N–H and O–H groups in total. The molecule has 0 saturated carbocycles. The monoisotopic (exact) mass is 705 g/mol. The third kappa shape index (κ3) is 8.93. The highest BCUT2D eigenvalue weighted by Crippen LogP contribution is 2.28. The van der Waals surface area contributed by atoms with Crippen molar-refractivity contribution < 1.29 is 38.9 Å². The first-order valence-electron chi connectivity index (χ1n) is 18.3. The van der Waals surface area contributed by atoms with E-state index in [4.69, 9.17) is 14.6 Å². The molecule has 3 saturated heterocycles. The average molecular weight is 706 g/mol. The molecule has 0 radical (unpaired) electrons. The van der Waals surface area contributed by atoms with Crippen LogP contribution < -0.4 is 5.32 Å². The fourth-order valence-corrected chi connectivity index (χ4v) is 8.10. The molecule has 4 aliphatic heterocycles. The van der Waals surface area contributed by atoms with Gasteiger partial charge in [-0.1, -0.05) is 30.3 Å². The summed E-state index contributed by atoms with van der Waals surface area (Å²) in [7, 11) is 0. The van der Waals surface area contributed by atoms with Crippen LogP contribution in [0.25, 0.3) is 0 Å². The van der Waals surface area contributed by atoms with Gasteiger partial charge in [0.2, 0.25) is 0 Å². The van der Waals surface area contributed by atoms with Crippen LogP contribution in [0.2, 0.25) is 0 Å². The number of fused-ring (bicyclic) bond motifs is 1. The summed E-state index contributed by atoms with van der Waals surface area (Å²) in [5, 5.41) is 22.3. The summed E-state index contributed by atoms with van der Waals surface area (Å²) in [6, 6.07) is 11.7. The van der Waals surface area contributed by atoms with Gasteiger partial charge in [0.1, 0.15) is 12.4 Å². The Hall–Kier alpha value is -4.36. The van der Waals surface area contributed by atoms with Crippen molar-refractivity contribution >= 4 is 29.7 Å². The van der Waals surface area contributed by atoms with Crippen molar-refractivity contribution in [2.75, 3.05) is 57.7 Å². The second-order valence-electron chi connectivity index (χ2n) is 14.4. The molecule has 1 atom stereocenters. The number of urea groups is 1. The van der Waals surface area contributed by atoms with E-state index in [1.165, 1.54) is 0 Å². The number of aliphatic carboxylic acids is 1. The molecule has 2 aromatic rings. The number of carboxylic acid groups (broad SMARTS) is 1. The number of hydrogen-bond acceptors (Lipinski definition) is 8.